The minimum atomic E-state index is 0.350. The molecule has 0 amide bonds. The molecule has 4 nitrogen and oxygen atoms in total. The second-order valence-corrected chi connectivity index (χ2v) is 9.02. The summed E-state index contributed by atoms with van der Waals surface area (Å²) in [5.74, 6) is 1.63. The number of ether oxygens (including phenoxy) is 3. The quantitative estimate of drug-likeness (QED) is 0.491. The molecular formula is C27H35NO3. The van der Waals surface area contributed by atoms with Gasteiger partial charge in [-0.05, 0) is 54.4 Å². The fourth-order valence-electron chi connectivity index (χ4n) is 5.16. The number of nitrogens with zero attached hydrogens (tertiary/aromatic N) is 1. The summed E-state index contributed by atoms with van der Waals surface area (Å²) in [6.07, 6.45) is 9.68. The van der Waals surface area contributed by atoms with Crippen LogP contribution in [0.4, 0.5) is 0 Å². The van der Waals surface area contributed by atoms with Crippen LogP contribution in [0.5, 0.6) is 11.5 Å². The average molecular weight is 422 g/mol. The number of methoxy groups -OCH3 is 2. The molecule has 2 aromatic rings. The molecule has 0 aliphatic heterocycles. The Morgan fingerprint density at radius 3 is 2.45 bits per heavy atom. The van der Waals surface area contributed by atoms with Crippen LogP contribution in [0.2, 0.25) is 0 Å². The number of aliphatic imine (C=N–C) groups is 1. The first kappa shape index (κ1) is 21.9. The van der Waals surface area contributed by atoms with Crippen LogP contribution in [0.25, 0.3) is 0 Å². The van der Waals surface area contributed by atoms with Crippen molar-refractivity contribution >= 4 is 5.71 Å². The molecule has 0 heterocycles. The lowest BCUT2D eigenvalue weighted by atomic mass is 9.63. The molecule has 0 unspecified atom stereocenters. The maximum atomic E-state index is 6.09. The number of hydrogen-bond acceptors (Lipinski definition) is 4. The van der Waals surface area contributed by atoms with Gasteiger partial charge in [-0.2, -0.15) is 0 Å². The predicted molar refractivity (Wildman–Crippen MR) is 126 cm³/mol. The molecule has 166 valence electrons. The van der Waals surface area contributed by atoms with E-state index in [1.54, 1.807) is 14.2 Å². The Balaban J connectivity index is 1.66. The van der Waals surface area contributed by atoms with Gasteiger partial charge < -0.3 is 14.2 Å². The zero-order valence-electron chi connectivity index (χ0n) is 19.0. The van der Waals surface area contributed by atoms with Gasteiger partial charge in [0, 0.05) is 31.4 Å². The van der Waals surface area contributed by atoms with E-state index in [1.807, 2.05) is 0 Å². The number of rotatable bonds is 8. The van der Waals surface area contributed by atoms with E-state index in [0.29, 0.717) is 18.6 Å². The Hall–Kier alpha value is -2.33. The van der Waals surface area contributed by atoms with Gasteiger partial charge in [0.1, 0.15) is 0 Å². The van der Waals surface area contributed by atoms with E-state index in [2.05, 4.69) is 42.5 Å². The molecular weight excluding hydrogens is 386 g/mol. The van der Waals surface area contributed by atoms with Gasteiger partial charge in [-0.25, -0.2) is 0 Å². The highest BCUT2D eigenvalue weighted by Gasteiger charge is 2.38. The summed E-state index contributed by atoms with van der Waals surface area (Å²) in [6, 6.07) is 14.9. The van der Waals surface area contributed by atoms with Crippen LogP contribution in [-0.2, 0) is 17.7 Å². The lowest BCUT2D eigenvalue weighted by Crippen LogP contribution is -2.34. The van der Waals surface area contributed by atoms with Crippen LogP contribution in [-0.4, -0.2) is 33.1 Å². The second kappa shape index (κ2) is 10.3. The standard InChI is InChI=1S/C27H35NO3/c1-29-14-9-15-31-26-16-22-18-27(12-7-4-8-13-27)19-24(23(22)17-25(26)30-2)28-20-21-10-5-3-6-11-21/h3,5-6,10-11,16-17H,4,7-9,12-15,18-20H2,1-2H3. The van der Waals surface area contributed by atoms with E-state index in [-0.39, 0.29) is 0 Å². The van der Waals surface area contributed by atoms with Crippen molar-refractivity contribution in [2.24, 2.45) is 10.4 Å². The molecule has 1 fully saturated rings. The lowest BCUT2D eigenvalue weighted by Gasteiger charge is -2.42. The van der Waals surface area contributed by atoms with Gasteiger partial charge in [0.05, 0.1) is 20.3 Å². The van der Waals surface area contributed by atoms with Crippen molar-refractivity contribution < 1.29 is 14.2 Å². The monoisotopic (exact) mass is 421 g/mol. The zero-order valence-corrected chi connectivity index (χ0v) is 19.0. The van der Waals surface area contributed by atoms with Crippen molar-refractivity contribution in [1.82, 2.24) is 0 Å². The summed E-state index contributed by atoms with van der Waals surface area (Å²) in [6.45, 7) is 2.05. The molecule has 0 saturated heterocycles. The van der Waals surface area contributed by atoms with Gasteiger partial charge in [-0.1, -0.05) is 49.6 Å². The molecule has 1 saturated carbocycles. The van der Waals surface area contributed by atoms with Crippen LogP contribution in [0.1, 0.15) is 61.6 Å². The first-order chi connectivity index (χ1) is 15.2. The topological polar surface area (TPSA) is 40.0 Å². The van der Waals surface area contributed by atoms with Gasteiger partial charge >= 0.3 is 0 Å². The maximum absolute atomic E-state index is 6.09. The fraction of sp³-hybridized carbons (Fsp3) is 0.519. The summed E-state index contributed by atoms with van der Waals surface area (Å²) in [5.41, 5.74) is 5.44. The summed E-state index contributed by atoms with van der Waals surface area (Å²) in [5, 5.41) is 0. The third-order valence-electron chi connectivity index (χ3n) is 6.77. The van der Waals surface area contributed by atoms with Crippen molar-refractivity contribution in [1.29, 1.82) is 0 Å². The summed E-state index contributed by atoms with van der Waals surface area (Å²) in [7, 11) is 3.44. The highest BCUT2D eigenvalue weighted by atomic mass is 16.5. The fourth-order valence-corrected chi connectivity index (χ4v) is 5.16. The van der Waals surface area contributed by atoms with Gasteiger partial charge in [0.2, 0.25) is 0 Å². The molecule has 0 atom stereocenters. The molecule has 4 rings (SSSR count). The molecule has 0 aromatic heterocycles. The van der Waals surface area contributed by atoms with Gasteiger partial charge in [0.15, 0.2) is 11.5 Å². The summed E-state index contributed by atoms with van der Waals surface area (Å²) < 4.78 is 16.9. The molecule has 2 aromatic carbocycles. The first-order valence-electron chi connectivity index (χ1n) is 11.6. The third-order valence-corrected chi connectivity index (χ3v) is 6.77. The van der Waals surface area contributed by atoms with E-state index >= 15 is 0 Å². The molecule has 0 radical (unpaired) electrons. The summed E-state index contributed by atoms with van der Waals surface area (Å²) >= 11 is 0. The van der Waals surface area contributed by atoms with Crippen molar-refractivity contribution in [3.05, 3.63) is 59.2 Å². The Kier molecular flexibility index (Phi) is 7.29. The van der Waals surface area contributed by atoms with Crippen molar-refractivity contribution in [3.8, 4) is 11.5 Å². The molecule has 4 heteroatoms. The molecule has 2 aliphatic carbocycles. The van der Waals surface area contributed by atoms with Gasteiger partial charge in [-0.3, -0.25) is 4.99 Å². The van der Waals surface area contributed by atoms with Gasteiger partial charge in [0.25, 0.3) is 0 Å². The smallest absolute Gasteiger partial charge is 0.161 e. The largest absolute Gasteiger partial charge is 0.493 e. The Morgan fingerprint density at radius 1 is 0.903 bits per heavy atom. The van der Waals surface area contributed by atoms with Crippen LogP contribution >= 0.6 is 0 Å². The van der Waals surface area contributed by atoms with Crippen molar-refractivity contribution in [2.75, 3.05) is 27.4 Å². The van der Waals surface area contributed by atoms with Gasteiger partial charge in [-0.15, -0.1) is 0 Å². The minimum absolute atomic E-state index is 0.350. The number of hydrogen-bond donors (Lipinski definition) is 0. The Labute approximate surface area is 186 Å². The van der Waals surface area contributed by atoms with E-state index in [4.69, 9.17) is 19.2 Å². The van der Waals surface area contributed by atoms with Crippen molar-refractivity contribution in [3.63, 3.8) is 0 Å². The zero-order chi connectivity index (χ0) is 21.5. The van der Waals surface area contributed by atoms with Crippen LogP contribution < -0.4 is 9.47 Å². The average Bonchev–Trinajstić information content (AvgIpc) is 2.81. The maximum Gasteiger partial charge on any atom is 0.161 e. The van der Waals surface area contributed by atoms with E-state index in [9.17, 15) is 0 Å². The van der Waals surface area contributed by atoms with Crippen LogP contribution in [0, 0.1) is 5.41 Å². The number of benzene rings is 2. The van der Waals surface area contributed by atoms with Crippen LogP contribution in [0.15, 0.2) is 47.5 Å². The van der Waals surface area contributed by atoms with E-state index < -0.39 is 0 Å². The lowest BCUT2D eigenvalue weighted by molar-refractivity contribution is 0.170. The summed E-state index contributed by atoms with van der Waals surface area (Å²) in [4.78, 5) is 5.14. The third kappa shape index (κ3) is 5.30. The minimum Gasteiger partial charge on any atom is -0.493 e. The highest BCUT2D eigenvalue weighted by molar-refractivity contribution is 6.04. The highest BCUT2D eigenvalue weighted by Crippen LogP contribution is 2.48. The normalized spacial score (nSPS) is 18.7. The molecule has 0 bridgehead atoms. The second-order valence-electron chi connectivity index (χ2n) is 9.02. The van der Waals surface area contributed by atoms with Crippen LogP contribution in [0.3, 0.4) is 0 Å². The SMILES string of the molecule is COCCCOc1cc2c(cc1OC)C(=NCc1ccccc1)CC1(CCCCC1)C2. The van der Waals surface area contributed by atoms with E-state index in [0.717, 1.165) is 37.3 Å². The molecule has 2 aliphatic rings. The predicted octanol–water partition coefficient (Wildman–Crippen LogP) is 6.00. The Morgan fingerprint density at radius 2 is 1.71 bits per heavy atom. The van der Waals surface area contributed by atoms with Crippen molar-refractivity contribution in [2.45, 2.75) is 57.9 Å². The Bertz CT molecular complexity index is 885. The van der Waals surface area contributed by atoms with E-state index in [1.165, 1.54) is 54.5 Å². The molecule has 1 spiro atoms. The molecule has 0 N–H and O–H groups in total. The first-order valence-corrected chi connectivity index (χ1v) is 11.6. The molecule has 31 heavy (non-hydrogen) atoms. The number of fused-ring (bicyclic) bond motifs is 1.